The third-order valence-corrected chi connectivity index (χ3v) is 2.32. The number of hydrogen-bond donors (Lipinski definition) is 1. The van der Waals surface area contributed by atoms with Crippen molar-refractivity contribution < 1.29 is 9.47 Å². The molecule has 1 saturated heterocycles. The molecule has 3 heteroatoms. The Kier molecular flexibility index (Phi) is 4.35. The van der Waals surface area contributed by atoms with Gasteiger partial charge < -0.3 is 14.8 Å². The van der Waals surface area contributed by atoms with Gasteiger partial charge in [-0.05, 0) is 11.8 Å². The topological polar surface area (TPSA) is 30.5 Å². The summed E-state index contributed by atoms with van der Waals surface area (Å²) >= 11 is 0. The van der Waals surface area contributed by atoms with E-state index in [1.54, 1.807) is 7.11 Å². The molecule has 1 aliphatic rings. The van der Waals surface area contributed by atoms with Crippen molar-refractivity contribution in [2.75, 3.05) is 26.8 Å². The highest BCUT2D eigenvalue weighted by Gasteiger charge is 2.25. The molecule has 0 aromatic carbocycles. The molecule has 0 bridgehead atoms. The van der Waals surface area contributed by atoms with Gasteiger partial charge in [0.25, 0.3) is 0 Å². The van der Waals surface area contributed by atoms with E-state index in [1.165, 1.54) is 0 Å². The summed E-state index contributed by atoms with van der Waals surface area (Å²) in [5, 5.41) is 3.39. The summed E-state index contributed by atoms with van der Waals surface area (Å²) in [7, 11) is 1.72. The van der Waals surface area contributed by atoms with Crippen molar-refractivity contribution in [3.8, 4) is 0 Å². The van der Waals surface area contributed by atoms with E-state index in [2.05, 4.69) is 26.1 Å². The van der Waals surface area contributed by atoms with Crippen molar-refractivity contribution in [3.05, 3.63) is 0 Å². The molecule has 0 aliphatic carbocycles. The lowest BCUT2D eigenvalue weighted by molar-refractivity contribution is -0.0800. The lowest BCUT2D eigenvalue weighted by Crippen LogP contribution is -2.47. The molecule has 0 spiro atoms. The van der Waals surface area contributed by atoms with Crippen molar-refractivity contribution in [3.63, 3.8) is 0 Å². The van der Waals surface area contributed by atoms with Crippen LogP contribution in [0.15, 0.2) is 0 Å². The fourth-order valence-corrected chi connectivity index (χ4v) is 1.86. The predicted molar refractivity (Wildman–Crippen MR) is 57.5 cm³/mol. The Bertz CT molecular complexity index is 163. The van der Waals surface area contributed by atoms with Crippen LogP contribution in [0.5, 0.6) is 0 Å². The monoisotopic (exact) mass is 201 g/mol. The van der Waals surface area contributed by atoms with Crippen LogP contribution in [0.25, 0.3) is 0 Å². The molecule has 2 atom stereocenters. The Morgan fingerprint density at radius 3 is 2.50 bits per heavy atom. The molecule has 1 fully saturated rings. The van der Waals surface area contributed by atoms with Gasteiger partial charge in [0.05, 0.1) is 18.8 Å². The third kappa shape index (κ3) is 4.40. The smallest absolute Gasteiger partial charge is 0.0936 e. The average molecular weight is 201 g/mol. The minimum atomic E-state index is 0.223. The molecule has 0 radical (unpaired) electrons. The van der Waals surface area contributed by atoms with Gasteiger partial charge in [-0.15, -0.1) is 0 Å². The molecule has 1 N–H and O–H groups in total. The van der Waals surface area contributed by atoms with Crippen LogP contribution in [0.2, 0.25) is 0 Å². The van der Waals surface area contributed by atoms with E-state index in [0.717, 1.165) is 19.5 Å². The maximum Gasteiger partial charge on any atom is 0.0936 e. The Balaban J connectivity index is 2.32. The Hall–Kier alpha value is -0.120. The number of hydrogen-bond acceptors (Lipinski definition) is 3. The molecule has 0 aromatic heterocycles. The Morgan fingerprint density at radius 2 is 1.93 bits per heavy atom. The standard InChI is InChI=1S/C11H23NO2/c1-11(2,3)5-9-6-12-7-10(14-9)8-13-4/h9-10,12H,5-8H2,1-4H3. The molecule has 3 nitrogen and oxygen atoms in total. The molecule has 1 heterocycles. The second-order valence-corrected chi connectivity index (χ2v) is 5.26. The lowest BCUT2D eigenvalue weighted by Gasteiger charge is -2.34. The predicted octanol–water partition coefficient (Wildman–Crippen LogP) is 1.43. The lowest BCUT2D eigenvalue weighted by atomic mass is 9.89. The summed E-state index contributed by atoms with van der Waals surface area (Å²) in [6.45, 7) is 9.31. The molecule has 84 valence electrons. The highest BCUT2D eigenvalue weighted by molar-refractivity contribution is 4.78. The van der Waals surface area contributed by atoms with Crippen LogP contribution in [0.3, 0.4) is 0 Å². The maximum atomic E-state index is 5.92. The van der Waals surface area contributed by atoms with E-state index in [9.17, 15) is 0 Å². The molecular formula is C11H23NO2. The molecule has 1 rings (SSSR count). The third-order valence-electron chi connectivity index (χ3n) is 2.32. The van der Waals surface area contributed by atoms with E-state index < -0.39 is 0 Å². The first-order chi connectivity index (χ1) is 6.51. The van der Waals surface area contributed by atoms with Crippen molar-refractivity contribution in [2.45, 2.75) is 39.4 Å². The summed E-state index contributed by atoms with van der Waals surface area (Å²) in [6, 6.07) is 0. The van der Waals surface area contributed by atoms with Crippen molar-refractivity contribution in [2.24, 2.45) is 5.41 Å². The summed E-state index contributed by atoms with van der Waals surface area (Å²) in [6.07, 6.45) is 1.66. The molecule has 0 saturated carbocycles. The van der Waals surface area contributed by atoms with Gasteiger partial charge in [-0.25, -0.2) is 0 Å². The largest absolute Gasteiger partial charge is 0.382 e. The fourth-order valence-electron chi connectivity index (χ4n) is 1.86. The van der Waals surface area contributed by atoms with Crippen LogP contribution in [0.1, 0.15) is 27.2 Å². The minimum absolute atomic E-state index is 0.223. The summed E-state index contributed by atoms with van der Waals surface area (Å²) in [5.74, 6) is 0. The van der Waals surface area contributed by atoms with Gasteiger partial charge in [0.15, 0.2) is 0 Å². The van der Waals surface area contributed by atoms with Gasteiger partial charge in [-0.3, -0.25) is 0 Å². The summed E-state index contributed by atoms with van der Waals surface area (Å²) in [5.41, 5.74) is 0.335. The molecule has 0 aromatic rings. The zero-order valence-corrected chi connectivity index (χ0v) is 9.80. The minimum Gasteiger partial charge on any atom is -0.382 e. The van der Waals surface area contributed by atoms with Gasteiger partial charge in [-0.1, -0.05) is 20.8 Å². The highest BCUT2D eigenvalue weighted by Crippen LogP contribution is 2.23. The van der Waals surface area contributed by atoms with Crippen molar-refractivity contribution in [1.82, 2.24) is 5.32 Å². The number of ether oxygens (including phenoxy) is 2. The zero-order chi connectivity index (χ0) is 10.6. The van der Waals surface area contributed by atoms with Crippen LogP contribution in [-0.2, 0) is 9.47 Å². The zero-order valence-electron chi connectivity index (χ0n) is 9.80. The van der Waals surface area contributed by atoms with Crippen molar-refractivity contribution in [1.29, 1.82) is 0 Å². The molecule has 14 heavy (non-hydrogen) atoms. The Labute approximate surface area is 87.2 Å². The number of rotatable bonds is 3. The number of morpholine rings is 1. The van der Waals surface area contributed by atoms with Gasteiger partial charge in [0.2, 0.25) is 0 Å². The van der Waals surface area contributed by atoms with Gasteiger partial charge in [0, 0.05) is 20.2 Å². The molecular weight excluding hydrogens is 178 g/mol. The van der Waals surface area contributed by atoms with Crippen LogP contribution in [0, 0.1) is 5.41 Å². The van der Waals surface area contributed by atoms with E-state index in [1.807, 2.05) is 0 Å². The van der Waals surface area contributed by atoms with Gasteiger partial charge >= 0.3 is 0 Å². The molecule has 0 amide bonds. The second-order valence-electron chi connectivity index (χ2n) is 5.26. The molecule has 2 unspecified atom stereocenters. The number of nitrogens with one attached hydrogen (secondary N) is 1. The van der Waals surface area contributed by atoms with Crippen LogP contribution >= 0.6 is 0 Å². The van der Waals surface area contributed by atoms with Gasteiger partial charge in [-0.2, -0.15) is 0 Å². The summed E-state index contributed by atoms with van der Waals surface area (Å²) < 4.78 is 11.0. The normalized spacial score (nSPS) is 29.1. The second kappa shape index (κ2) is 5.10. The summed E-state index contributed by atoms with van der Waals surface area (Å²) in [4.78, 5) is 0. The quantitative estimate of drug-likeness (QED) is 0.749. The van der Waals surface area contributed by atoms with E-state index in [-0.39, 0.29) is 6.10 Å². The first-order valence-electron chi connectivity index (χ1n) is 5.36. The highest BCUT2D eigenvalue weighted by atomic mass is 16.5. The molecule has 1 aliphatic heterocycles. The maximum absolute atomic E-state index is 5.92. The van der Waals surface area contributed by atoms with E-state index >= 15 is 0 Å². The average Bonchev–Trinajstić information content (AvgIpc) is 2.02. The fraction of sp³-hybridized carbons (Fsp3) is 1.00. The first kappa shape index (κ1) is 12.0. The van der Waals surface area contributed by atoms with E-state index in [4.69, 9.17) is 9.47 Å². The Morgan fingerprint density at radius 1 is 1.29 bits per heavy atom. The SMILES string of the molecule is COCC1CNCC(CC(C)(C)C)O1. The van der Waals surface area contributed by atoms with Crippen molar-refractivity contribution >= 4 is 0 Å². The van der Waals surface area contributed by atoms with Crippen LogP contribution in [0.4, 0.5) is 0 Å². The first-order valence-corrected chi connectivity index (χ1v) is 5.36. The van der Waals surface area contributed by atoms with Crippen LogP contribution < -0.4 is 5.32 Å². The van der Waals surface area contributed by atoms with Gasteiger partial charge in [0.1, 0.15) is 0 Å². The van der Waals surface area contributed by atoms with Crippen LogP contribution in [-0.4, -0.2) is 39.0 Å². The number of methoxy groups -OCH3 is 1. The van der Waals surface area contributed by atoms with E-state index in [0.29, 0.717) is 18.1 Å².